The Hall–Kier alpha value is -0.510. The predicted octanol–water partition coefficient (Wildman–Crippen LogP) is 7.37. The van der Waals surface area contributed by atoms with Crippen LogP contribution in [-0.2, 0) is 0 Å². The zero-order chi connectivity index (χ0) is 17.6. The van der Waals surface area contributed by atoms with Crippen molar-refractivity contribution in [1.29, 1.82) is 5.26 Å². The first-order valence-electron chi connectivity index (χ1n) is 11.0. The minimum atomic E-state index is -0.00745. The molecule has 138 valence electrons. The fraction of sp³-hybridized carbons (Fsp3) is 0.957. The quantitative estimate of drug-likeness (QED) is 0.518. The summed E-state index contributed by atoms with van der Waals surface area (Å²) in [5.74, 6) is 5.03. The molecule has 0 aromatic heterocycles. The van der Waals surface area contributed by atoms with Gasteiger partial charge in [0.25, 0.3) is 0 Å². The second-order valence-electron chi connectivity index (χ2n) is 9.20. The van der Waals surface area contributed by atoms with Gasteiger partial charge in [-0.05, 0) is 101 Å². The van der Waals surface area contributed by atoms with E-state index in [2.05, 4.69) is 19.9 Å². The maximum absolute atomic E-state index is 9.29. The molecule has 0 heterocycles. The van der Waals surface area contributed by atoms with Crippen LogP contribution in [0.4, 0.5) is 0 Å². The minimum Gasteiger partial charge on any atom is -0.198 e. The average Bonchev–Trinajstić information content (AvgIpc) is 2.65. The van der Waals surface area contributed by atoms with Gasteiger partial charge in [-0.25, -0.2) is 0 Å². The van der Waals surface area contributed by atoms with Gasteiger partial charge in [0.05, 0.1) is 11.5 Å². The Morgan fingerprint density at radius 1 is 0.667 bits per heavy atom. The molecule has 3 aliphatic rings. The van der Waals surface area contributed by atoms with Gasteiger partial charge in [-0.15, -0.1) is 0 Å². The second-order valence-corrected chi connectivity index (χ2v) is 9.20. The van der Waals surface area contributed by atoms with E-state index in [-0.39, 0.29) is 5.41 Å². The van der Waals surface area contributed by atoms with Crippen LogP contribution in [0, 0.1) is 46.3 Å². The van der Waals surface area contributed by atoms with E-state index >= 15 is 0 Å². The van der Waals surface area contributed by atoms with Crippen LogP contribution in [0.2, 0.25) is 0 Å². The number of nitriles is 1. The number of hydrogen-bond donors (Lipinski definition) is 0. The van der Waals surface area contributed by atoms with E-state index in [0.29, 0.717) is 0 Å². The highest BCUT2D eigenvalue weighted by atomic mass is 14.4. The summed E-state index contributed by atoms with van der Waals surface area (Å²) in [7, 11) is 0. The molecule has 3 aliphatic carbocycles. The van der Waals surface area contributed by atoms with Gasteiger partial charge in [-0.2, -0.15) is 5.26 Å². The van der Waals surface area contributed by atoms with Crippen molar-refractivity contribution in [3.8, 4) is 6.07 Å². The smallest absolute Gasteiger partial charge is 0.0686 e. The Morgan fingerprint density at radius 3 is 1.38 bits per heavy atom. The molecule has 0 N–H and O–H groups in total. The number of hydrogen-bond acceptors (Lipinski definition) is 1. The van der Waals surface area contributed by atoms with Crippen LogP contribution in [0.5, 0.6) is 0 Å². The fourth-order valence-electron chi connectivity index (χ4n) is 5.71. The van der Waals surface area contributed by atoms with Crippen LogP contribution < -0.4 is 0 Å². The van der Waals surface area contributed by atoms with E-state index < -0.39 is 0 Å². The lowest BCUT2D eigenvalue weighted by Crippen LogP contribution is -2.31. The van der Waals surface area contributed by atoms with Crippen molar-refractivity contribution in [2.24, 2.45) is 35.0 Å². The highest BCUT2D eigenvalue weighted by Gasteiger charge is 2.37. The normalized spacial score (nSPS) is 43.2. The van der Waals surface area contributed by atoms with E-state index in [1.807, 2.05) is 13.8 Å². The average molecular weight is 332 g/mol. The molecular formula is C23H41N. The maximum Gasteiger partial charge on any atom is 0.0686 e. The largest absolute Gasteiger partial charge is 0.198 e. The molecule has 3 fully saturated rings. The molecule has 0 aromatic rings. The van der Waals surface area contributed by atoms with Gasteiger partial charge in [0.1, 0.15) is 0 Å². The van der Waals surface area contributed by atoms with Gasteiger partial charge in [-0.3, -0.25) is 0 Å². The second kappa shape index (κ2) is 9.26. The van der Waals surface area contributed by atoms with E-state index in [1.54, 1.807) is 0 Å². The molecule has 0 radical (unpaired) electrons. The van der Waals surface area contributed by atoms with E-state index in [1.165, 1.54) is 64.2 Å². The van der Waals surface area contributed by atoms with Gasteiger partial charge in [-0.1, -0.05) is 33.6 Å². The van der Waals surface area contributed by atoms with Gasteiger partial charge in [0.15, 0.2) is 0 Å². The number of nitrogens with zero attached hydrogens (tertiary/aromatic N) is 1. The monoisotopic (exact) mass is 331 g/mol. The molecular weight excluding hydrogens is 290 g/mol. The summed E-state index contributed by atoms with van der Waals surface area (Å²) < 4.78 is 0. The summed E-state index contributed by atoms with van der Waals surface area (Å²) in [6, 6.07) is 2.56. The van der Waals surface area contributed by atoms with Crippen molar-refractivity contribution in [3.05, 3.63) is 0 Å². The molecule has 0 spiro atoms. The van der Waals surface area contributed by atoms with Gasteiger partial charge < -0.3 is 0 Å². The lowest BCUT2D eigenvalue weighted by molar-refractivity contribution is 0.0986. The molecule has 0 aliphatic heterocycles. The van der Waals surface area contributed by atoms with Crippen molar-refractivity contribution in [2.75, 3.05) is 0 Å². The summed E-state index contributed by atoms with van der Waals surface area (Å²) in [5, 5.41) is 9.29. The molecule has 1 heteroatoms. The Bertz CT molecular complexity index is 383. The standard InChI is InChI=1S/C21H35N.C2H6/c1-16-3-5-17(6-4-16)18-7-9-19(10-8-18)20-11-13-21(2,15-22)14-12-20;1-2/h16-20H,3-14H2,1-2H3;1-2H3. The topological polar surface area (TPSA) is 23.8 Å². The predicted molar refractivity (Wildman–Crippen MR) is 104 cm³/mol. The summed E-state index contributed by atoms with van der Waals surface area (Å²) in [4.78, 5) is 0. The molecule has 3 rings (SSSR count). The summed E-state index contributed by atoms with van der Waals surface area (Å²) in [6.07, 6.45) is 16.9. The van der Waals surface area contributed by atoms with Crippen LogP contribution in [0.3, 0.4) is 0 Å². The molecule has 1 nitrogen and oxygen atoms in total. The van der Waals surface area contributed by atoms with Crippen LogP contribution >= 0.6 is 0 Å². The molecule has 3 saturated carbocycles. The Morgan fingerprint density at radius 2 is 1.00 bits per heavy atom. The first-order valence-corrected chi connectivity index (χ1v) is 11.0. The highest BCUT2D eigenvalue weighted by Crippen LogP contribution is 2.47. The minimum absolute atomic E-state index is 0.00745. The molecule has 24 heavy (non-hydrogen) atoms. The third kappa shape index (κ3) is 5.00. The third-order valence-corrected chi connectivity index (χ3v) is 7.61. The molecule has 0 amide bonds. The fourth-order valence-corrected chi connectivity index (χ4v) is 5.71. The van der Waals surface area contributed by atoms with Gasteiger partial charge in [0, 0.05) is 0 Å². The highest BCUT2D eigenvalue weighted by molar-refractivity contribution is 4.99. The van der Waals surface area contributed by atoms with E-state index in [4.69, 9.17) is 0 Å². The first-order chi connectivity index (χ1) is 11.6. The van der Waals surface area contributed by atoms with Crippen LogP contribution in [0.15, 0.2) is 0 Å². The van der Waals surface area contributed by atoms with Crippen LogP contribution in [0.1, 0.15) is 105 Å². The Labute approximate surface area is 151 Å². The SMILES string of the molecule is CC.CC1CCC(C2CCC(C3CCC(C)(C#N)CC3)CC2)CC1. The molecule has 0 aromatic carbocycles. The Kier molecular flexibility index (Phi) is 7.64. The van der Waals surface area contributed by atoms with E-state index in [0.717, 1.165) is 42.4 Å². The van der Waals surface area contributed by atoms with Crippen LogP contribution in [-0.4, -0.2) is 0 Å². The molecule has 0 bridgehead atoms. The van der Waals surface area contributed by atoms with Crippen LogP contribution in [0.25, 0.3) is 0 Å². The molecule has 0 atom stereocenters. The first kappa shape index (κ1) is 19.8. The molecule has 0 unspecified atom stereocenters. The zero-order valence-electron chi connectivity index (χ0n) is 16.8. The van der Waals surface area contributed by atoms with Crippen molar-refractivity contribution in [2.45, 2.75) is 105 Å². The Balaban J connectivity index is 0.00000100. The van der Waals surface area contributed by atoms with Crippen molar-refractivity contribution in [1.82, 2.24) is 0 Å². The lowest BCUT2D eigenvalue weighted by atomic mass is 9.63. The van der Waals surface area contributed by atoms with Gasteiger partial charge in [0.2, 0.25) is 0 Å². The third-order valence-electron chi connectivity index (χ3n) is 7.61. The zero-order valence-corrected chi connectivity index (χ0v) is 16.8. The maximum atomic E-state index is 9.29. The molecule has 0 saturated heterocycles. The summed E-state index contributed by atoms with van der Waals surface area (Å²) in [5.41, 5.74) is -0.00745. The lowest BCUT2D eigenvalue weighted by Gasteiger charge is -2.42. The van der Waals surface area contributed by atoms with Gasteiger partial charge >= 0.3 is 0 Å². The van der Waals surface area contributed by atoms with Crippen molar-refractivity contribution in [3.63, 3.8) is 0 Å². The number of rotatable bonds is 2. The van der Waals surface area contributed by atoms with E-state index in [9.17, 15) is 5.26 Å². The van der Waals surface area contributed by atoms with Crippen molar-refractivity contribution < 1.29 is 0 Å². The summed E-state index contributed by atoms with van der Waals surface area (Å²) >= 11 is 0. The van der Waals surface area contributed by atoms with Crippen molar-refractivity contribution >= 4 is 0 Å². The summed E-state index contributed by atoms with van der Waals surface area (Å²) in [6.45, 7) is 8.61.